The molecule has 0 spiro atoms. The van der Waals surface area contributed by atoms with Gasteiger partial charge in [0.05, 0.1) is 16.8 Å². The largest absolute Gasteiger partial charge is 0.478 e. The van der Waals surface area contributed by atoms with Crippen LogP contribution in [0.5, 0.6) is 0 Å². The van der Waals surface area contributed by atoms with Gasteiger partial charge in [-0.2, -0.15) is 0 Å². The fraction of sp³-hybridized carbons (Fsp3) is 0.111. The van der Waals surface area contributed by atoms with Crippen LogP contribution in [0.15, 0.2) is 46.9 Å². The summed E-state index contributed by atoms with van der Waals surface area (Å²) in [5.74, 6) is -0.946. The third kappa shape index (κ3) is 2.62. The molecule has 0 amide bonds. The summed E-state index contributed by atoms with van der Waals surface area (Å²) in [6, 6.07) is 13.3. The second-order valence-electron chi connectivity index (χ2n) is 5.35. The molecule has 22 heavy (non-hydrogen) atoms. The average molecular weight is 356 g/mol. The lowest BCUT2D eigenvalue weighted by Crippen LogP contribution is -2.01. The first-order valence-electron chi connectivity index (χ1n) is 6.87. The van der Waals surface area contributed by atoms with Crippen molar-refractivity contribution in [3.05, 3.63) is 63.6 Å². The second-order valence-corrected chi connectivity index (χ2v) is 6.26. The number of pyridine rings is 1. The van der Waals surface area contributed by atoms with E-state index in [4.69, 9.17) is 0 Å². The molecule has 0 bridgehead atoms. The number of aromatic carboxylic acids is 1. The Balaban J connectivity index is 2.34. The van der Waals surface area contributed by atoms with Gasteiger partial charge in [0.25, 0.3) is 0 Å². The van der Waals surface area contributed by atoms with Crippen molar-refractivity contribution < 1.29 is 9.90 Å². The van der Waals surface area contributed by atoms with Gasteiger partial charge in [-0.05, 0) is 37.6 Å². The van der Waals surface area contributed by atoms with Crippen molar-refractivity contribution in [1.29, 1.82) is 0 Å². The zero-order chi connectivity index (χ0) is 15.9. The fourth-order valence-electron chi connectivity index (χ4n) is 2.51. The van der Waals surface area contributed by atoms with Crippen LogP contribution in [0.1, 0.15) is 21.5 Å². The van der Waals surface area contributed by atoms with E-state index in [1.807, 2.05) is 44.2 Å². The van der Waals surface area contributed by atoms with Crippen LogP contribution in [0, 0.1) is 13.8 Å². The molecule has 1 aromatic heterocycles. The summed E-state index contributed by atoms with van der Waals surface area (Å²) >= 11 is 3.42. The van der Waals surface area contributed by atoms with Crippen LogP contribution < -0.4 is 0 Å². The van der Waals surface area contributed by atoms with Gasteiger partial charge in [0, 0.05) is 15.4 Å². The molecular formula is C18H14BrNO2. The molecule has 110 valence electrons. The average Bonchev–Trinajstić information content (AvgIpc) is 2.47. The molecular weight excluding hydrogens is 342 g/mol. The minimum Gasteiger partial charge on any atom is -0.478 e. The van der Waals surface area contributed by atoms with Crippen LogP contribution in [-0.4, -0.2) is 16.1 Å². The number of aromatic nitrogens is 1. The van der Waals surface area contributed by atoms with E-state index in [1.165, 1.54) is 0 Å². The molecule has 1 heterocycles. The lowest BCUT2D eigenvalue weighted by Gasteiger charge is -2.10. The van der Waals surface area contributed by atoms with Crippen molar-refractivity contribution in [2.24, 2.45) is 0 Å². The van der Waals surface area contributed by atoms with E-state index >= 15 is 0 Å². The van der Waals surface area contributed by atoms with Gasteiger partial charge in [0.1, 0.15) is 0 Å². The van der Waals surface area contributed by atoms with Gasteiger partial charge in [-0.3, -0.25) is 0 Å². The van der Waals surface area contributed by atoms with Gasteiger partial charge in [-0.1, -0.05) is 45.8 Å². The van der Waals surface area contributed by atoms with Crippen molar-refractivity contribution in [2.45, 2.75) is 13.8 Å². The summed E-state index contributed by atoms with van der Waals surface area (Å²) in [6.45, 7) is 3.95. The predicted molar refractivity (Wildman–Crippen MR) is 91.3 cm³/mol. The van der Waals surface area contributed by atoms with Crippen molar-refractivity contribution >= 4 is 32.8 Å². The van der Waals surface area contributed by atoms with E-state index in [0.29, 0.717) is 11.1 Å². The maximum atomic E-state index is 11.6. The number of hydrogen-bond acceptors (Lipinski definition) is 2. The van der Waals surface area contributed by atoms with Crippen LogP contribution in [-0.2, 0) is 0 Å². The second kappa shape index (κ2) is 5.54. The molecule has 0 atom stereocenters. The highest BCUT2D eigenvalue weighted by Crippen LogP contribution is 2.29. The topological polar surface area (TPSA) is 50.2 Å². The number of rotatable bonds is 2. The number of carboxylic acids is 1. The van der Waals surface area contributed by atoms with Gasteiger partial charge in [0.15, 0.2) is 0 Å². The molecule has 2 aromatic carbocycles. The van der Waals surface area contributed by atoms with Gasteiger partial charge >= 0.3 is 5.97 Å². The number of aryl methyl sites for hydroxylation is 2. The van der Waals surface area contributed by atoms with E-state index < -0.39 is 5.97 Å². The van der Waals surface area contributed by atoms with E-state index in [9.17, 15) is 9.90 Å². The maximum Gasteiger partial charge on any atom is 0.336 e. The van der Waals surface area contributed by atoms with E-state index in [1.54, 1.807) is 12.1 Å². The van der Waals surface area contributed by atoms with Crippen LogP contribution in [0.4, 0.5) is 0 Å². The molecule has 0 saturated heterocycles. The lowest BCUT2D eigenvalue weighted by atomic mass is 10.0. The van der Waals surface area contributed by atoms with Gasteiger partial charge < -0.3 is 5.11 Å². The number of halogens is 1. The molecule has 0 fully saturated rings. The number of nitrogens with zero attached hydrogens (tertiary/aromatic N) is 1. The first-order valence-corrected chi connectivity index (χ1v) is 7.66. The van der Waals surface area contributed by atoms with Crippen molar-refractivity contribution in [3.8, 4) is 11.3 Å². The minimum atomic E-state index is -0.946. The Morgan fingerprint density at radius 1 is 1.09 bits per heavy atom. The Morgan fingerprint density at radius 2 is 1.77 bits per heavy atom. The van der Waals surface area contributed by atoms with Gasteiger partial charge in [-0.15, -0.1) is 0 Å². The number of hydrogen-bond donors (Lipinski definition) is 1. The zero-order valence-corrected chi connectivity index (χ0v) is 13.8. The van der Waals surface area contributed by atoms with Gasteiger partial charge in [0.2, 0.25) is 0 Å². The van der Waals surface area contributed by atoms with Crippen molar-refractivity contribution in [3.63, 3.8) is 0 Å². The molecule has 1 N–H and O–H groups in total. The van der Waals surface area contributed by atoms with Crippen molar-refractivity contribution in [1.82, 2.24) is 4.98 Å². The summed E-state index contributed by atoms with van der Waals surface area (Å²) < 4.78 is 0.852. The number of benzene rings is 2. The SMILES string of the molecule is Cc1ccc(-c2cc(C(=O)O)c3cc(Br)cc(C)c3n2)cc1. The van der Waals surface area contributed by atoms with Gasteiger partial charge in [-0.25, -0.2) is 9.78 Å². The van der Waals surface area contributed by atoms with Crippen LogP contribution in [0.2, 0.25) is 0 Å². The quantitative estimate of drug-likeness (QED) is 0.705. The normalized spacial score (nSPS) is 10.9. The monoisotopic (exact) mass is 355 g/mol. The fourth-order valence-corrected chi connectivity index (χ4v) is 3.08. The first-order chi connectivity index (χ1) is 10.5. The van der Waals surface area contributed by atoms with E-state index in [0.717, 1.165) is 26.7 Å². The highest BCUT2D eigenvalue weighted by Gasteiger charge is 2.15. The molecule has 0 saturated carbocycles. The molecule has 0 aliphatic heterocycles. The molecule has 0 unspecified atom stereocenters. The standard InChI is InChI=1S/C18H14BrNO2/c1-10-3-5-12(6-4-10)16-9-15(18(21)22)14-8-13(19)7-11(2)17(14)20-16/h3-9H,1-2H3,(H,21,22). The number of carboxylic acid groups (broad SMARTS) is 1. The Kier molecular flexibility index (Phi) is 3.71. The first kappa shape index (κ1) is 14.7. The number of fused-ring (bicyclic) bond motifs is 1. The van der Waals surface area contributed by atoms with Crippen molar-refractivity contribution in [2.75, 3.05) is 0 Å². The van der Waals surface area contributed by atoms with E-state index in [-0.39, 0.29) is 5.56 Å². The predicted octanol–water partition coefficient (Wildman–Crippen LogP) is 4.98. The molecule has 0 aliphatic carbocycles. The summed E-state index contributed by atoms with van der Waals surface area (Å²) in [5, 5.41) is 10.2. The Bertz CT molecular complexity index is 886. The summed E-state index contributed by atoms with van der Waals surface area (Å²) in [7, 11) is 0. The highest BCUT2D eigenvalue weighted by atomic mass is 79.9. The van der Waals surface area contributed by atoms with Crippen LogP contribution >= 0.6 is 15.9 Å². The molecule has 3 nitrogen and oxygen atoms in total. The Morgan fingerprint density at radius 3 is 2.41 bits per heavy atom. The van der Waals surface area contributed by atoms with Crippen LogP contribution in [0.3, 0.4) is 0 Å². The minimum absolute atomic E-state index is 0.268. The lowest BCUT2D eigenvalue weighted by molar-refractivity contribution is 0.0699. The molecule has 3 rings (SSSR count). The molecule has 3 aromatic rings. The number of carbonyl (C=O) groups is 1. The summed E-state index contributed by atoms with van der Waals surface area (Å²) in [4.78, 5) is 16.3. The zero-order valence-electron chi connectivity index (χ0n) is 12.2. The maximum absolute atomic E-state index is 11.6. The third-order valence-electron chi connectivity index (χ3n) is 3.65. The smallest absolute Gasteiger partial charge is 0.336 e. The highest BCUT2D eigenvalue weighted by molar-refractivity contribution is 9.10. The third-order valence-corrected chi connectivity index (χ3v) is 4.10. The summed E-state index contributed by atoms with van der Waals surface area (Å²) in [5.41, 5.74) is 4.68. The Hall–Kier alpha value is -2.20. The van der Waals surface area contributed by atoms with Crippen LogP contribution in [0.25, 0.3) is 22.2 Å². The summed E-state index contributed by atoms with van der Waals surface area (Å²) in [6.07, 6.45) is 0. The van der Waals surface area contributed by atoms with E-state index in [2.05, 4.69) is 20.9 Å². The Labute approximate surface area is 136 Å². The molecule has 4 heteroatoms. The molecule has 0 aliphatic rings. The molecule has 0 radical (unpaired) electrons.